The molecule has 0 aliphatic carbocycles. The predicted octanol–water partition coefficient (Wildman–Crippen LogP) is 3.40. The molecular weight excluding hydrogens is 376 g/mol. The fourth-order valence-electron chi connectivity index (χ4n) is 2.86. The molecule has 1 aliphatic heterocycles. The molecule has 0 saturated carbocycles. The smallest absolute Gasteiger partial charge is 0.347 e. The number of para-hydroxylation sites is 1. The number of hydrogen-bond donors (Lipinski definition) is 0. The molecule has 0 radical (unpaired) electrons. The maximum atomic E-state index is 12.4. The van der Waals surface area contributed by atoms with E-state index in [1.165, 1.54) is 0 Å². The molecule has 7 nitrogen and oxygen atoms in total. The number of cyclic esters (lactones) is 1. The minimum atomic E-state index is -0.876. The van der Waals surface area contributed by atoms with Gasteiger partial charge in [0.05, 0.1) is 12.2 Å². The van der Waals surface area contributed by atoms with Crippen LogP contribution >= 0.6 is 0 Å². The largest absolute Gasteiger partial charge is 0.490 e. The molecule has 1 aliphatic rings. The summed E-state index contributed by atoms with van der Waals surface area (Å²) in [6.45, 7) is 4.67. The number of rotatable bonds is 9. The third kappa shape index (κ3) is 5.63. The number of carbonyl (C=O) groups is 2. The number of carbonyl (C=O) groups excluding carboxylic acids is 2. The van der Waals surface area contributed by atoms with Gasteiger partial charge in [-0.1, -0.05) is 18.2 Å². The Labute approximate surface area is 169 Å². The average molecular weight is 400 g/mol. The van der Waals surface area contributed by atoms with E-state index in [-0.39, 0.29) is 11.7 Å². The summed E-state index contributed by atoms with van der Waals surface area (Å²) in [7, 11) is 0. The van der Waals surface area contributed by atoms with Crippen LogP contribution in [0.15, 0.2) is 48.5 Å². The van der Waals surface area contributed by atoms with E-state index in [1.54, 1.807) is 25.1 Å². The normalized spacial score (nSPS) is 18.1. The Bertz CT molecular complexity index is 834. The molecule has 1 fully saturated rings. The Morgan fingerprint density at radius 2 is 1.79 bits per heavy atom. The third-order valence-electron chi connectivity index (χ3n) is 4.21. The maximum absolute atomic E-state index is 12.4. The van der Waals surface area contributed by atoms with Gasteiger partial charge in [-0.15, -0.1) is 0 Å². The first-order valence-corrected chi connectivity index (χ1v) is 9.55. The molecule has 0 bridgehead atoms. The fraction of sp³-hybridized carbons (Fsp3) is 0.364. The lowest BCUT2D eigenvalue weighted by Gasteiger charge is -2.14. The molecule has 1 heterocycles. The summed E-state index contributed by atoms with van der Waals surface area (Å²) < 4.78 is 27.2. The minimum absolute atomic E-state index is 0.256. The summed E-state index contributed by atoms with van der Waals surface area (Å²) in [5, 5.41) is 0. The molecule has 0 amide bonds. The van der Waals surface area contributed by atoms with E-state index in [4.69, 9.17) is 23.7 Å². The zero-order valence-electron chi connectivity index (χ0n) is 16.5. The summed E-state index contributed by atoms with van der Waals surface area (Å²) in [6, 6.07) is 14.2. The highest BCUT2D eigenvalue weighted by molar-refractivity contribution is 5.92. The van der Waals surface area contributed by atoms with E-state index in [0.717, 1.165) is 5.75 Å². The van der Waals surface area contributed by atoms with Gasteiger partial charge in [-0.3, -0.25) is 0 Å². The van der Waals surface area contributed by atoms with Crippen molar-refractivity contribution in [2.45, 2.75) is 32.5 Å². The second-order valence-electron chi connectivity index (χ2n) is 6.48. The topological polar surface area (TPSA) is 80.3 Å². The molecule has 2 aromatic rings. The van der Waals surface area contributed by atoms with Crippen molar-refractivity contribution in [3.8, 4) is 17.2 Å². The van der Waals surface area contributed by atoms with Crippen LogP contribution < -0.4 is 14.2 Å². The standard InChI is InChI=1S/C22H24O7/c1-3-25-19-14-16(21(23)29-20-13-15(2)28-22(20)24)9-10-18(19)27-12-11-26-17-7-5-4-6-8-17/h4-10,14-15,20H,3,11-13H2,1-2H3. The van der Waals surface area contributed by atoms with Crippen LogP contribution in [-0.2, 0) is 14.3 Å². The molecule has 2 aromatic carbocycles. The molecule has 2 atom stereocenters. The van der Waals surface area contributed by atoms with Crippen molar-refractivity contribution >= 4 is 11.9 Å². The van der Waals surface area contributed by atoms with Gasteiger partial charge in [0.15, 0.2) is 11.5 Å². The monoisotopic (exact) mass is 400 g/mol. The van der Waals surface area contributed by atoms with E-state index in [2.05, 4.69) is 0 Å². The van der Waals surface area contributed by atoms with Gasteiger partial charge in [0.25, 0.3) is 0 Å². The van der Waals surface area contributed by atoms with Crippen molar-refractivity contribution in [2.24, 2.45) is 0 Å². The molecule has 0 aromatic heterocycles. The molecule has 3 rings (SSSR count). The summed E-state index contributed by atoms with van der Waals surface area (Å²) in [6.07, 6.45) is -0.779. The number of benzene rings is 2. The van der Waals surface area contributed by atoms with Gasteiger partial charge in [0, 0.05) is 6.42 Å². The zero-order valence-corrected chi connectivity index (χ0v) is 16.5. The van der Waals surface area contributed by atoms with Crippen molar-refractivity contribution < 1.29 is 33.3 Å². The maximum Gasteiger partial charge on any atom is 0.347 e. The van der Waals surface area contributed by atoms with E-state index in [9.17, 15) is 9.59 Å². The predicted molar refractivity (Wildman–Crippen MR) is 104 cm³/mol. The van der Waals surface area contributed by atoms with Crippen LogP contribution in [0.3, 0.4) is 0 Å². The molecule has 0 N–H and O–H groups in total. The van der Waals surface area contributed by atoms with Gasteiger partial charge < -0.3 is 23.7 Å². The first-order valence-electron chi connectivity index (χ1n) is 9.55. The Morgan fingerprint density at radius 1 is 1.03 bits per heavy atom. The Hall–Kier alpha value is -3.22. The van der Waals surface area contributed by atoms with E-state index in [1.807, 2.05) is 37.3 Å². The average Bonchev–Trinajstić information content (AvgIpc) is 3.03. The van der Waals surface area contributed by atoms with Crippen molar-refractivity contribution in [3.05, 3.63) is 54.1 Å². The first-order chi connectivity index (χ1) is 14.1. The van der Waals surface area contributed by atoms with Crippen LogP contribution in [0, 0.1) is 0 Å². The SMILES string of the molecule is CCOc1cc(C(=O)OC2CC(C)OC2=O)ccc1OCCOc1ccccc1. The highest BCUT2D eigenvalue weighted by Crippen LogP contribution is 2.29. The fourth-order valence-corrected chi connectivity index (χ4v) is 2.86. The summed E-state index contributed by atoms with van der Waals surface area (Å²) in [4.78, 5) is 24.1. The van der Waals surface area contributed by atoms with E-state index in [0.29, 0.717) is 37.7 Å². The van der Waals surface area contributed by atoms with Crippen LogP contribution in [0.4, 0.5) is 0 Å². The second-order valence-corrected chi connectivity index (χ2v) is 6.48. The van der Waals surface area contributed by atoms with E-state index < -0.39 is 18.0 Å². The van der Waals surface area contributed by atoms with Crippen LogP contribution in [0.5, 0.6) is 17.2 Å². The van der Waals surface area contributed by atoms with Crippen LogP contribution in [0.25, 0.3) is 0 Å². The van der Waals surface area contributed by atoms with Crippen molar-refractivity contribution in [3.63, 3.8) is 0 Å². The van der Waals surface area contributed by atoms with Gasteiger partial charge in [0.2, 0.25) is 6.10 Å². The van der Waals surface area contributed by atoms with Crippen molar-refractivity contribution in [2.75, 3.05) is 19.8 Å². The quantitative estimate of drug-likeness (QED) is 0.471. The third-order valence-corrected chi connectivity index (χ3v) is 4.21. The molecule has 2 unspecified atom stereocenters. The van der Waals surface area contributed by atoms with Crippen LogP contribution in [-0.4, -0.2) is 44.0 Å². The minimum Gasteiger partial charge on any atom is -0.490 e. The Morgan fingerprint density at radius 3 is 2.48 bits per heavy atom. The van der Waals surface area contributed by atoms with Gasteiger partial charge in [0.1, 0.15) is 25.1 Å². The molecule has 29 heavy (non-hydrogen) atoms. The Kier molecular flexibility index (Phi) is 6.94. The molecule has 1 saturated heterocycles. The lowest BCUT2D eigenvalue weighted by atomic mass is 10.2. The summed E-state index contributed by atoms with van der Waals surface area (Å²) in [5.74, 6) is 0.548. The lowest BCUT2D eigenvalue weighted by Crippen LogP contribution is -2.22. The van der Waals surface area contributed by atoms with Crippen LogP contribution in [0.2, 0.25) is 0 Å². The molecule has 7 heteroatoms. The number of ether oxygens (including phenoxy) is 5. The van der Waals surface area contributed by atoms with Gasteiger partial charge in [-0.25, -0.2) is 9.59 Å². The number of hydrogen-bond acceptors (Lipinski definition) is 7. The van der Waals surface area contributed by atoms with Gasteiger partial charge in [-0.2, -0.15) is 0 Å². The number of esters is 2. The zero-order chi connectivity index (χ0) is 20.6. The van der Waals surface area contributed by atoms with Crippen LogP contribution in [0.1, 0.15) is 30.6 Å². The highest BCUT2D eigenvalue weighted by atomic mass is 16.6. The highest BCUT2D eigenvalue weighted by Gasteiger charge is 2.35. The Balaban J connectivity index is 1.58. The lowest BCUT2D eigenvalue weighted by molar-refractivity contribution is -0.147. The first kappa shape index (κ1) is 20.5. The van der Waals surface area contributed by atoms with Gasteiger partial charge in [-0.05, 0) is 44.2 Å². The summed E-state index contributed by atoms with van der Waals surface area (Å²) >= 11 is 0. The molecule has 154 valence electrons. The van der Waals surface area contributed by atoms with E-state index >= 15 is 0 Å². The second kappa shape index (κ2) is 9.82. The van der Waals surface area contributed by atoms with Gasteiger partial charge >= 0.3 is 11.9 Å². The van der Waals surface area contributed by atoms with Crippen molar-refractivity contribution in [1.82, 2.24) is 0 Å². The van der Waals surface area contributed by atoms with Crippen molar-refractivity contribution in [1.29, 1.82) is 0 Å². The molecular formula is C22H24O7. The summed E-state index contributed by atoms with van der Waals surface area (Å²) in [5.41, 5.74) is 0.272. The molecule has 0 spiro atoms.